The number of nitrogens with one attached hydrogen (secondary N) is 1. The summed E-state index contributed by atoms with van der Waals surface area (Å²) in [6.45, 7) is 1.96. The first-order chi connectivity index (χ1) is 10.5. The largest absolute Gasteiger partial charge is 0.387 e. The number of nitrogens with zero attached hydrogens (tertiary/aromatic N) is 1. The SMILES string of the molecule is Cc1ccc(C(=O)NC[C@@H](O)c2ccc([N+](=O)[O-])cc2)cc1. The number of non-ortho nitro benzene ring substituents is 1. The highest BCUT2D eigenvalue weighted by atomic mass is 16.6. The fourth-order valence-electron chi connectivity index (χ4n) is 1.93. The van der Waals surface area contributed by atoms with Crippen LogP contribution < -0.4 is 5.32 Å². The van der Waals surface area contributed by atoms with Crippen molar-refractivity contribution in [2.75, 3.05) is 6.54 Å². The van der Waals surface area contributed by atoms with Crippen molar-refractivity contribution in [3.8, 4) is 0 Å². The first-order valence-electron chi connectivity index (χ1n) is 6.74. The van der Waals surface area contributed by atoms with Crippen molar-refractivity contribution in [1.82, 2.24) is 5.32 Å². The van der Waals surface area contributed by atoms with Crippen LogP contribution in [0.5, 0.6) is 0 Å². The number of amides is 1. The summed E-state index contributed by atoms with van der Waals surface area (Å²) in [4.78, 5) is 22.0. The minimum absolute atomic E-state index is 0.0323. The van der Waals surface area contributed by atoms with Crippen LogP contribution in [-0.4, -0.2) is 22.5 Å². The van der Waals surface area contributed by atoms with E-state index in [-0.39, 0.29) is 18.1 Å². The van der Waals surface area contributed by atoms with Gasteiger partial charge in [0.25, 0.3) is 11.6 Å². The molecule has 0 unspecified atom stereocenters. The normalized spacial score (nSPS) is 11.7. The van der Waals surface area contributed by atoms with Crippen molar-refractivity contribution in [3.05, 3.63) is 75.3 Å². The van der Waals surface area contributed by atoms with Crippen molar-refractivity contribution in [3.63, 3.8) is 0 Å². The first-order valence-corrected chi connectivity index (χ1v) is 6.74. The second-order valence-corrected chi connectivity index (χ2v) is 4.94. The van der Waals surface area contributed by atoms with Gasteiger partial charge in [-0.15, -0.1) is 0 Å². The van der Waals surface area contributed by atoms with Crippen molar-refractivity contribution in [1.29, 1.82) is 0 Å². The van der Waals surface area contributed by atoms with Crippen LogP contribution in [0.25, 0.3) is 0 Å². The Bertz CT molecular complexity index is 666. The van der Waals surface area contributed by atoms with Gasteiger partial charge in [-0.25, -0.2) is 0 Å². The van der Waals surface area contributed by atoms with E-state index in [1.807, 2.05) is 19.1 Å². The van der Waals surface area contributed by atoms with Gasteiger partial charge in [-0.05, 0) is 36.8 Å². The van der Waals surface area contributed by atoms with E-state index in [1.165, 1.54) is 24.3 Å². The van der Waals surface area contributed by atoms with Crippen LogP contribution in [0.15, 0.2) is 48.5 Å². The van der Waals surface area contributed by atoms with E-state index in [1.54, 1.807) is 12.1 Å². The van der Waals surface area contributed by atoms with Crippen LogP contribution in [0, 0.1) is 17.0 Å². The quantitative estimate of drug-likeness (QED) is 0.655. The Labute approximate surface area is 127 Å². The summed E-state index contributed by atoms with van der Waals surface area (Å²) in [6, 6.07) is 12.7. The van der Waals surface area contributed by atoms with Gasteiger partial charge >= 0.3 is 0 Å². The topological polar surface area (TPSA) is 92.5 Å². The number of hydrogen-bond donors (Lipinski definition) is 2. The van der Waals surface area contributed by atoms with Gasteiger partial charge in [0.05, 0.1) is 11.0 Å². The highest BCUT2D eigenvalue weighted by Crippen LogP contribution is 2.17. The zero-order valence-corrected chi connectivity index (χ0v) is 12.0. The number of carbonyl (C=O) groups excluding carboxylic acids is 1. The van der Waals surface area contributed by atoms with Crippen molar-refractivity contribution >= 4 is 11.6 Å². The molecule has 2 aromatic rings. The smallest absolute Gasteiger partial charge is 0.269 e. The number of rotatable bonds is 5. The Kier molecular flexibility index (Phi) is 4.85. The number of aryl methyl sites for hydroxylation is 1. The van der Waals surface area contributed by atoms with E-state index >= 15 is 0 Å². The number of benzene rings is 2. The third kappa shape index (κ3) is 3.89. The van der Waals surface area contributed by atoms with Gasteiger partial charge < -0.3 is 10.4 Å². The number of nitro groups is 1. The minimum atomic E-state index is -0.921. The Balaban J connectivity index is 1.94. The molecule has 0 spiro atoms. The van der Waals surface area contributed by atoms with Gasteiger partial charge in [0.2, 0.25) is 0 Å². The van der Waals surface area contributed by atoms with E-state index in [9.17, 15) is 20.0 Å². The lowest BCUT2D eigenvalue weighted by molar-refractivity contribution is -0.384. The monoisotopic (exact) mass is 300 g/mol. The predicted molar refractivity (Wildman–Crippen MR) is 81.6 cm³/mol. The second-order valence-electron chi connectivity index (χ2n) is 4.94. The van der Waals surface area contributed by atoms with Crippen molar-refractivity contribution in [2.24, 2.45) is 0 Å². The molecule has 22 heavy (non-hydrogen) atoms. The van der Waals surface area contributed by atoms with Crippen LogP contribution >= 0.6 is 0 Å². The molecule has 6 heteroatoms. The Morgan fingerprint density at radius 2 is 1.77 bits per heavy atom. The third-order valence-electron chi connectivity index (χ3n) is 3.26. The molecule has 0 saturated heterocycles. The molecule has 1 amide bonds. The predicted octanol–water partition coefficient (Wildman–Crippen LogP) is 2.37. The summed E-state index contributed by atoms with van der Waals surface area (Å²) in [5, 5.41) is 23.2. The molecule has 2 N–H and O–H groups in total. The summed E-state index contributed by atoms with van der Waals surface area (Å²) in [7, 11) is 0. The fourth-order valence-corrected chi connectivity index (χ4v) is 1.93. The van der Waals surface area contributed by atoms with Crippen LogP contribution in [0.4, 0.5) is 5.69 Å². The molecule has 0 aromatic heterocycles. The summed E-state index contributed by atoms with van der Waals surface area (Å²) in [6.07, 6.45) is -0.921. The molecule has 0 aliphatic carbocycles. The van der Waals surface area contributed by atoms with Gasteiger partial charge in [0.15, 0.2) is 0 Å². The maximum absolute atomic E-state index is 11.9. The molecule has 2 aromatic carbocycles. The van der Waals surface area contributed by atoms with Gasteiger partial charge in [0, 0.05) is 24.2 Å². The van der Waals surface area contributed by atoms with Crippen LogP contribution in [0.3, 0.4) is 0 Å². The molecule has 0 bridgehead atoms. The van der Waals surface area contributed by atoms with Crippen molar-refractivity contribution < 1.29 is 14.8 Å². The second kappa shape index (κ2) is 6.82. The number of aliphatic hydroxyl groups is 1. The highest BCUT2D eigenvalue weighted by Gasteiger charge is 2.12. The maximum atomic E-state index is 11.9. The fraction of sp³-hybridized carbons (Fsp3) is 0.188. The van der Waals surface area contributed by atoms with E-state index < -0.39 is 11.0 Å². The molecular formula is C16H16N2O4. The van der Waals surface area contributed by atoms with Gasteiger partial charge in [-0.2, -0.15) is 0 Å². The lowest BCUT2D eigenvalue weighted by Gasteiger charge is -2.12. The number of nitro benzene ring substituents is 1. The van der Waals surface area contributed by atoms with Crippen molar-refractivity contribution in [2.45, 2.75) is 13.0 Å². The maximum Gasteiger partial charge on any atom is 0.269 e. The summed E-state index contributed by atoms with van der Waals surface area (Å²) < 4.78 is 0. The Morgan fingerprint density at radius 3 is 2.32 bits per heavy atom. The molecule has 2 rings (SSSR count). The minimum Gasteiger partial charge on any atom is -0.387 e. The van der Waals surface area contributed by atoms with Gasteiger partial charge in [0.1, 0.15) is 0 Å². The Morgan fingerprint density at radius 1 is 1.18 bits per heavy atom. The standard InChI is InChI=1S/C16H16N2O4/c1-11-2-4-13(5-3-11)16(20)17-10-15(19)12-6-8-14(9-7-12)18(21)22/h2-9,15,19H,10H2,1H3,(H,17,20)/t15-/m1/s1. The van der Waals surface area contributed by atoms with E-state index in [4.69, 9.17) is 0 Å². The molecule has 6 nitrogen and oxygen atoms in total. The van der Waals surface area contributed by atoms with Crippen LogP contribution in [-0.2, 0) is 0 Å². The molecule has 0 aliphatic heterocycles. The third-order valence-corrected chi connectivity index (χ3v) is 3.26. The average molecular weight is 300 g/mol. The molecule has 0 saturated carbocycles. The van der Waals surface area contributed by atoms with E-state index in [2.05, 4.69) is 5.32 Å². The molecule has 1 atom stereocenters. The molecule has 0 heterocycles. The average Bonchev–Trinajstić information content (AvgIpc) is 2.53. The molecule has 0 fully saturated rings. The van der Waals surface area contributed by atoms with Gasteiger partial charge in [-0.3, -0.25) is 14.9 Å². The summed E-state index contributed by atoms with van der Waals surface area (Å²) in [5.74, 6) is -0.277. The number of hydrogen-bond acceptors (Lipinski definition) is 4. The summed E-state index contributed by atoms with van der Waals surface area (Å²) in [5.41, 5.74) is 2.04. The molecular weight excluding hydrogens is 284 g/mol. The first kappa shape index (κ1) is 15.7. The zero-order chi connectivity index (χ0) is 16.1. The number of aliphatic hydroxyl groups excluding tert-OH is 1. The van der Waals surface area contributed by atoms with Crippen LogP contribution in [0.1, 0.15) is 27.6 Å². The molecule has 0 radical (unpaired) electrons. The van der Waals surface area contributed by atoms with Gasteiger partial charge in [-0.1, -0.05) is 17.7 Å². The lowest BCUT2D eigenvalue weighted by Crippen LogP contribution is -2.28. The number of carbonyl (C=O) groups is 1. The van der Waals surface area contributed by atoms with Crippen LogP contribution in [0.2, 0.25) is 0 Å². The highest BCUT2D eigenvalue weighted by molar-refractivity contribution is 5.94. The lowest BCUT2D eigenvalue weighted by atomic mass is 10.1. The molecule has 114 valence electrons. The van der Waals surface area contributed by atoms with E-state index in [0.717, 1.165) is 5.56 Å². The summed E-state index contributed by atoms with van der Waals surface area (Å²) >= 11 is 0. The molecule has 0 aliphatic rings. The van der Waals surface area contributed by atoms with E-state index in [0.29, 0.717) is 11.1 Å². The zero-order valence-electron chi connectivity index (χ0n) is 12.0. The Hall–Kier alpha value is -2.73.